The van der Waals surface area contributed by atoms with Gasteiger partial charge in [-0.15, -0.1) is 11.8 Å². The maximum atomic E-state index is 13.4. The summed E-state index contributed by atoms with van der Waals surface area (Å²) >= 11 is 1.79. The predicted molar refractivity (Wildman–Crippen MR) is 114 cm³/mol. The van der Waals surface area contributed by atoms with Crippen molar-refractivity contribution >= 4 is 29.3 Å². The fourth-order valence-corrected chi connectivity index (χ4v) is 4.68. The standard InChI is InChI=1S/C22H27N3O2S/c1-3-23-21(26)14-24(4-2)15-22(27)25-18-12-8-9-13-20(18)28-16-19(25)17-10-6-5-7-11-17/h5-13,19H,3-4,14-16H2,1-2H3,(H,23,26)/p+1/t19-/m0/s1. The molecule has 2 amide bonds. The van der Waals surface area contributed by atoms with Crippen LogP contribution >= 0.6 is 11.8 Å². The smallest absolute Gasteiger partial charge is 0.282 e. The van der Waals surface area contributed by atoms with E-state index in [0.717, 1.165) is 33.3 Å². The summed E-state index contributed by atoms with van der Waals surface area (Å²) < 4.78 is 0. The lowest BCUT2D eigenvalue weighted by molar-refractivity contribution is -0.881. The van der Waals surface area contributed by atoms with E-state index in [2.05, 4.69) is 23.5 Å². The molecule has 0 fully saturated rings. The Balaban J connectivity index is 1.85. The summed E-state index contributed by atoms with van der Waals surface area (Å²) in [4.78, 5) is 29.5. The van der Waals surface area contributed by atoms with E-state index in [1.165, 1.54) is 0 Å². The van der Waals surface area contributed by atoms with E-state index < -0.39 is 0 Å². The number of nitrogens with one attached hydrogen (secondary N) is 2. The number of rotatable bonds is 7. The lowest BCUT2D eigenvalue weighted by Crippen LogP contribution is -3.14. The van der Waals surface area contributed by atoms with E-state index in [9.17, 15) is 9.59 Å². The Kier molecular flexibility index (Phi) is 7.12. The number of quaternary nitrogens is 1. The minimum Gasteiger partial charge on any atom is -0.351 e. The fourth-order valence-electron chi connectivity index (χ4n) is 3.52. The third kappa shape index (κ3) is 4.75. The monoisotopic (exact) mass is 398 g/mol. The number of hydrogen-bond acceptors (Lipinski definition) is 3. The number of anilines is 1. The van der Waals surface area contributed by atoms with Crippen LogP contribution in [0.5, 0.6) is 0 Å². The summed E-state index contributed by atoms with van der Waals surface area (Å²) in [6.07, 6.45) is 0. The van der Waals surface area contributed by atoms with Crippen LogP contribution in [0.1, 0.15) is 25.5 Å². The van der Waals surface area contributed by atoms with Crippen LogP contribution in [0.4, 0.5) is 5.69 Å². The van der Waals surface area contributed by atoms with E-state index >= 15 is 0 Å². The highest BCUT2D eigenvalue weighted by Gasteiger charge is 2.34. The molecule has 2 N–H and O–H groups in total. The SMILES string of the molecule is CCNC(=O)C[NH+](CC)CC(=O)N1c2ccccc2SC[C@H]1c1ccccc1. The zero-order valence-corrected chi connectivity index (χ0v) is 17.3. The van der Waals surface area contributed by atoms with Gasteiger partial charge in [0.2, 0.25) is 0 Å². The van der Waals surface area contributed by atoms with Crippen molar-refractivity contribution in [2.45, 2.75) is 24.8 Å². The molecular weight excluding hydrogens is 370 g/mol. The molecule has 1 unspecified atom stereocenters. The highest BCUT2D eigenvalue weighted by atomic mass is 32.2. The topological polar surface area (TPSA) is 53.9 Å². The summed E-state index contributed by atoms with van der Waals surface area (Å²) in [5, 5.41) is 2.83. The second kappa shape index (κ2) is 9.75. The fraction of sp³-hybridized carbons (Fsp3) is 0.364. The van der Waals surface area contributed by atoms with Crippen molar-refractivity contribution in [3.05, 3.63) is 60.2 Å². The first kappa shape index (κ1) is 20.4. The summed E-state index contributed by atoms with van der Waals surface area (Å²) in [7, 11) is 0. The molecule has 0 saturated carbocycles. The summed E-state index contributed by atoms with van der Waals surface area (Å²) in [6, 6.07) is 18.3. The van der Waals surface area contributed by atoms with E-state index in [1.54, 1.807) is 11.8 Å². The van der Waals surface area contributed by atoms with Crippen molar-refractivity contribution in [1.82, 2.24) is 5.32 Å². The third-order valence-corrected chi connectivity index (χ3v) is 6.11. The number of thioether (sulfide) groups is 1. The van der Waals surface area contributed by atoms with Gasteiger partial charge in [-0.25, -0.2) is 0 Å². The molecule has 0 spiro atoms. The van der Waals surface area contributed by atoms with Crippen LogP contribution in [0.15, 0.2) is 59.5 Å². The Morgan fingerprint density at radius 1 is 1.07 bits per heavy atom. The van der Waals surface area contributed by atoms with Crippen molar-refractivity contribution < 1.29 is 14.5 Å². The molecule has 0 aromatic heterocycles. The quantitative estimate of drug-likeness (QED) is 0.749. The van der Waals surface area contributed by atoms with Gasteiger partial charge in [0.15, 0.2) is 13.1 Å². The number of carbonyl (C=O) groups excluding carboxylic acids is 2. The second-order valence-corrected chi connectivity index (χ2v) is 7.94. The maximum absolute atomic E-state index is 13.4. The average Bonchev–Trinajstić information content (AvgIpc) is 2.73. The maximum Gasteiger partial charge on any atom is 0.282 e. The minimum atomic E-state index is -0.0126. The van der Waals surface area contributed by atoms with E-state index in [1.807, 2.05) is 55.1 Å². The van der Waals surface area contributed by atoms with Gasteiger partial charge in [0, 0.05) is 17.2 Å². The molecule has 5 nitrogen and oxygen atoms in total. The van der Waals surface area contributed by atoms with Crippen molar-refractivity contribution in [3.63, 3.8) is 0 Å². The average molecular weight is 399 g/mol. The molecule has 2 aromatic carbocycles. The molecule has 0 bridgehead atoms. The number of carbonyl (C=O) groups is 2. The van der Waals surface area contributed by atoms with Crippen molar-refractivity contribution in [2.24, 2.45) is 0 Å². The molecule has 28 heavy (non-hydrogen) atoms. The van der Waals surface area contributed by atoms with Gasteiger partial charge < -0.3 is 10.2 Å². The zero-order valence-electron chi connectivity index (χ0n) is 16.5. The van der Waals surface area contributed by atoms with Crippen LogP contribution in [0.25, 0.3) is 0 Å². The van der Waals surface area contributed by atoms with Crippen molar-refractivity contribution in [3.8, 4) is 0 Å². The van der Waals surface area contributed by atoms with Gasteiger partial charge in [-0.3, -0.25) is 14.5 Å². The van der Waals surface area contributed by atoms with Gasteiger partial charge >= 0.3 is 0 Å². The molecule has 0 radical (unpaired) electrons. The number of likely N-dealkylation sites (N-methyl/N-ethyl adjacent to an activating group) is 2. The molecule has 1 heterocycles. The predicted octanol–water partition coefficient (Wildman–Crippen LogP) is 1.91. The van der Waals surface area contributed by atoms with Gasteiger partial charge in [-0.1, -0.05) is 42.5 Å². The molecule has 1 aliphatic heterocycles. The van der Waals surface area contributed by atoms with E-state index in [-0.39, 0.29) is 17.9 Å². The normalized spacial score (nSPS) is 16.9. The Bertz CT molecular complexity index is 812. The van der Waals surface area contributed by atoms with Crippen LogP contribution in [0.2, 0.25) is 0 Å². The molecule has 2 atom stereocenters. The largest absolute Gasteiger partial charge is 0.351 e. The van der Waals surface area contributed by atoms with Gasteiger partial charge in [0.25, 0.3) is 11.8 Å². The van der Waals surface area contributed by atoms with Crippen LogP contribution in [-0.4, -0.2) is 43.7 Å². The Hall–Kier alpha value is -2.31. The second-order valence-electron chi connectivity index (χ2n) is 6.88. The highest BCUT2D eigenvalue weighted by molar-refractivity contribution is 7.99. The first-order valence-corrected chi connectivity index (χ1v) is 10.8. The number of nitrogens with zero attached hydrogens (tertiary/aromatic N) is 1. The molecule has 3 rings (SSSR count). The number of benzene rings is 2. The highest BCUT2D eigenvalue weighted by Crippen LogP contribution is 2.42. The number of amides is 2. The number of fused-ring (bicyclic) bond motifs is 1. The molecule has 148 valence electrons. The summed E-state index contributed by atoms with van der Waals surface area (Å²) in [6.45, 7) is 5.87. The minimum absolute atomic E-state index is 0.00354. The lowest BCUT2D eigenvalue weighted by Gasteiger charge is -2.37. The van der Waals surface area contributed by atoms with Crippen molar-refractivity contribution in [2.75, 3.05) is 36.8 Å². The van der Waals surface area contributed by atoms with Gasteiger partial charge in [-0.05, 0) is 31.5 Å². The first-order chi connectivity index (χ1) is 13.6. The molecule has 0 aliphatic carbocycles. The molecule has 6 heteroatoms. The van der Waals surface area contributed by atoms with Gasteiger partial charge in [-0.2, -0.15) is 0 Å². The van der Waals surface area contributed by atoms with Crippen molar-refractivity contribution in [1.29, 1.82) is 0 Å². The third-order valence-electron chi connectivity index (χ3n) is 4.97. The van der Waals surface area contributed by atoms with Gasteiger partial charge in [0.1, 0.15) is 0 Å². The summed E-state index contributed by atoms with van der Waals surface area (Å²) in [5.74, 6) is 0.869. The van der Waals surface area contributed by atoms with Crippen LogP contribution in [-0.2, 0) is 9.59 Å². The molecule has 1 aliphatic rings. The molecular formula is C22H28N3O2S+. The summed E-state index contributed by atoms with van der Waals surface area (Å²) in [5.41, 5.74) is 2.10. The number of hydrogen-bond donors (Lipinski definition) is 2. The van der Waals surface area contributed by atoms with E-state index in [0.29, 0.717) is 19.6 Å². The zero-order chi connectivity index (χ0) is 19.9. The molecule has 2 aromatic rings. The number of para-hydroxylation sites is 1. The Labute approximate surface area is 171 Å². The Morgan fingerprint density at radius 3 is 2.50 bits per heavy atom. The van der Waals surface area contributed by atoms with Crippen LogP contribution in [0, 0.1) is 0 Å². The first-order valence-electron chi connectivity index (χ1n) is 9.83. The Morgan fingerprint density at radius 2 is 1.79 bits per heavy atom. The molecule has 0 saturated heterocycles. The van der Waals surface area contributed by atoms with Gasteiger partial charge in [0.05, 0.1) is 18.3 Å². The van der Waals surface area contributed by atoms with E-state index in [4.69, 9.17) is 0 Å². The van der Waals surface area contributed by atoms with Crippen LogP contribution < -0.4 is 15.1 Å². The van der Waals surface area contributed by atoms with Crippen LogP contribution in [0.3, 0.4) is 0 Å². The lowest BCUT2D eigenvalue weighted by atomic mass is 10.1.